The molecule has 10 heteroatoms. The molecule has 3 aromatic rings. The van der Waals surface area contributed by atoms with E-state index in [1.54, 1.807) is 10.8 Å². The van der Waals surface area contributed by atoms with E-state index in [0.29, 0.717) is 16.8 Å². The highest BCUT2D eigenvalue weighted by Crippen LogP contribution is 2.22. The molecule has 0 saturated heterocycles. The fourth-order valence-corrected chi connectivity index (χ4v) is 2.28. The van der Waals surface area contributed by atoms with Gasteiger partial charge in [-0.25, -0.2) is 4.98 Å². The van der Waals surface area contributed by atoms with Crippen molar-refractivity contribution in [3.05, 3.63) is 66.7 Å². The van der Waals surface area contributed by atoms with Gasteiger partial charge in [0.15, 0.2) is 0 Å². The molecule has 2 heterocycles. The number of nitrogens with one attached hydrogen (secondary N) is 2. The monoisotopic (exact) mass is 317 g/mol. The minimum absolute atomic E-state index is 0.168. The molecule has 23 heavy (non-hydrogen) atoms. The summed E-state index contributed by atoms with van der Waals surface area (Å²) in [7, 11) is 0. The Balaban J connectivity index is 2.19. The van der Waals surface area contributed by atoms with Crippen LogP contribution in [0.15, 0.2) is 34.2 Å². The second kappa shape index (κ2) is 5.50. The first-order valence-corrected chi connectivity index (χ1v) is 6.53. The number of hydrogen-bond donors (Lipinski definition) is 3. The van der Waals surface area contributed by atoms with Gasteiger partial charge in [-0.05, 0) is 0 Å². The number of benzene rings is 1. The van der Waals surface area contributed by atoms with E-state index in [9.17, 15) is 19.7 Å². The second-order valence-electron chi connectivity index (χ2n) is 4.89. The van der Waals surface area contributed by atoms with Crippen molar-refractivity contribution >= 4 is 16.7 Å². The van der Waals surface area contributed by atoms with E-state index in [1.807, 2.05) is 0 Å². The van der Waals surface area contributed by atoms with Gasteiger partial charge in [-0.2, -0.15) is 0 Å². The lowest BCUT2D eigenvalue weighted by Crippen LogP contribution is -2.29. The molecule has 0 amide bonds. The molecule has 0 aliphatic carbocycles. The number of aromatic amines is 2. The largest absolute Gasteiger partial charge is 0.390 e. The Kier molecular flexibility index (Phi) is 3.50. The van der Waals surface area contributed by atoms with Crippen molar-refractivity contribution in [2.75, 3.05) is 0 Å². The summed E-state index contributed by atoms with van der Waals surface area (Å²) in [6.45, 7) is -0.0556. The first kappa shape index (κ1) is 14.7. The highest BCUT2D eigenvalue weighted by Gasteiger charge is 2.14. The Bertz CT molecular complexity index is 1020. The van der Waals surface area contributed by atoms with Crippen LogP contribution >= 0.6 is 0 Å². The van der Waals surface area contributed by atoms with E-state index in [0.717, 1.165) is 0 Å². The molecule has 118 valence electrons. The van der Waals surface area contributed by atoms with Crippen molar-refractivity contribution in [1.29, 1.82) is 0 Å². The molecule has 0 spiro atoms. The van der Waals surface area contributed by atoms with Gasteiger partial charge in [0.25, 0.3) is 5.69 Å². The van der Waals surface area contributed by atoms with Crippen LogP contribution in [-0.4, -0.2) is 29.5 Å². The molecule has 2 aromatic heterocycles. The van der Waals surface area contributed by atoms with Crippen LogP contribution < -0.4 is 11.1 Å². The zero-order valence-electron chi connectivity index (χ0n) is 11.6. The van der Waals surface area contributed by atoms with Crippen LogP contribution in [0.2, 0.25) is 0 Å². The van der Waals surface area contributed by atoms with Crippen molar-refractivity contribution in [1.82, 2.24) is 19.5 Å². The van der Waals surface area contributed by atoms with Gasteiger partial charge in [-0.1, -0.05) is 0 Å². The number of hydrogen-bond acceptors (Lipinski definition) is 6. The number of nitro groups is 1. The van der Waals surface area contributed by atoms with E-state index < -0.39 is 16.0 Å². The van der Waals surface area contributed by atoms with Crippen LogP contribution in [-0.2, 0) is 13.2 Å². The predicted octanol–water partition coefficient (Wildman–Crippen LogP) is -0.138. The minimum Gasteiger partial charge on any atom is -0.390 e. The minimum atomic E-state index is -0.880. The Morgan fingerprint density at radius 3 is 2.65 bits per heavy atom. The van der Waals surface area contributed by atoms with E-state index >= 15 is 0 Å². The highest BCUT2D eigenvalue weighted by atomic mass is 16.6. The predicted molar refractivity (Wildman–Crippen MR) is 79.1 cm³/mol. The average molecular weight is 317 g/mol. The summed E-state index contributed by atoms with van der Waals surface area (Å²) < 4.78 is 1.60. The summed E-state index contributed by atoms with van der Waals surface area (Å²) in [6.07, 6.45) is 3.04. The third kappa shape index (κ3) is 2.74. The van der Waals surface area contributed by atoms with Crippen molar-refractivity contribution in [2.45, 2.75) is 13.2 Å². The number of imidazole rings is 1. The highest BCUT2D eigenvalue weighted by molar-refractivity contribution is 5.80. The molecule has 3 N–H and O–H groups in total. The van der Waals surface area contributed by atoms with Crippen molar-refractivity contribution in [2.24, 2.45) is 0 Å². The summed E-state index contributed by atoms with van der Waals surface area (Å²) in [6, 6.07) is 2.50. The van der Waals surface area contributed by atoms with E-state index in [1.165, 1.54) is 18.5 Å². The lowest BCUT2D eigenvalue weighted by molar-refractivity contribution is -0.384. The molecule has 10 nitrogen and oxygen atoms in total. The summed E-state index contributed by atoms with van der Waals surface area (Å²) >= 11 is 0. The number of non-ortho nitro benzene ring substituents is 1. The van der Waals surface area contributed by atoms with Gasteiger partial charge in [0.05, 0.1) is 41.1 Å². The third-order valence-electron chi connectivity index (χ3n) is 3.31. The van der Waals surface area contributed by atoms with Gasteiger partial charge in [0.1, 0.15) is 0 Å². The second-order valence-corrected chi connectivity index (χ2v) is 4.89. The van der Waals surface area contributed by atoms with E-state index in [2.05, 4.69) is 15.0 Å². The molecule has 0 aliphatic heterocycles. The van der Waals surface area contributed by atoms with Gasteiger partial charge >= 0.3 is 11.1 Å². The van der Waals surface area contributed by atoms with Crippen LogP contribution in [0.3, 0.4) is 0 Å². The molecular formula is C13H11N5O5. The molecule has 0 saturated carbocycles. The summed E-state index contributed by atoms with van der Waals surface area (Å²) in [5.41, 5.74) is -0.576. The Labute approximate surface area is 127 Å². The smallest absolute Gasteiger partial charge is 0.314 e. The number of H-pyrrole nitrogens is 2. The number of fused-ring (bicyclic) bond motifs is 1. The summed E-state index contributed by atoms with van der Waals surface area (Å²) in [4.78, 5) is 42.1. The van der Waals surface area contributed by atoms with Gasteiger partial charge in [-0.3, -0.25) is 19.7 Å². The summed E-state index contributed by atoms with van der Waals surface area (Å²) in [5.74, 6) is 0. The van der Waals surface area contributed by atoms with Crippen LogP contribution in [0.5, 0.6) is 0 Å². The number of nitrogens with zero attached hydrogens (tertiary/aromatic N) is 3. The fraction of sp³-hybridized carbons (Fsp3) is 0.154. The molecule has 0 radical (unpaired) electrons. The standard InChI is InChI=1S/C13H11N5O5/c19-5-8-4-17(6-14-8)3-7-1-9(18(22)23)2-10-11(7)16-13(21)12(20)15-10/h1-2,4,6,19H,3,5H2,(H,15,20)(H,16,21). The molecule has 0 fully saturated rings. The molecule has 1 aromatic carbocycles. The van der Waals surface area contributed by atoms with Crippen molar-refractivity contribution in [3.63, 3.8) is 0 Å². The number of aliphatic hydroxyl groups excluding tert-OH is 1. The van der Waals surface area contributed by atoms with E-state index in [-0.39, 0.29) is 24.4 Å². The first-order valence-electron chi connectivity index (χ1n) is 6.53. The number of aromatic nitrogens is 4. The Morgan fingerprint density at radius 2 is 2.00 bits per heavy atom. The fourth-order valence-electron chi connectivity index (χ4n) is 2.28. The molecule has 0 bridgehead atoms. The maximum Gasteiger partial charge on any atom is 0.314 e. The molecule has 0 atom stereocenters. The quantitative estimate of drug-likeness (QED) is 0.347. The first-order chi connectivity index (χ1) is 11.0. The maximum atomic E-state index is 11.5. The lowest BCUT2D eigenvalue weighted by atomic mass is 10.1. The summed E-state index contributed by atoms with van der Waals surface area (Å²) in [5, 5.41) is 20.1. The van der Waals surface area contributed by atoms with E-state index in [4.69, 9.17) is 5.11 Å². The van der Waals surface area contributed by atoms with Crippen LogP contribution in [0.1, 0.15) is 11.3 Å². The third-order valence-corrected chi connectivity index (χ3v) is 3.31. The Hall–Kier alpha value is -3.27. The van der Waals surface area contributed by atoms with Crippen LogP contribution in [0.4, 0.5) is 5.69 Å². The number of aliphatic hydroxyl groups is 1. The molecule has 3 rings (SSSR count). The average Bonchev–Trinajstić information content (AvgIpc) is 2.96. The SMILES string of the molecule is O=c1[nH]c2cc([N+](=O)[O-])cc(Cn3cnc(CO)c3)c2[nH]c1=O. The van der Waals surface area contributed by atoms with Crippen molar-refractivity contribution < 1.29 is 10.0 Å². The normalized spacial score (nSPS) is 11.0. The molecule has 0 aliphatic rings. The Morgan fingerprint density at radius 1 is 1.26 bits per heavy atom. The maximum absolute atomic E-state index is 11.5. The number of rotatable bonds is 4. The van der Waals surface area contributed by atoms with Gasteiger partial charge < -0.3 is 19.6 Å². The number of nitro benzene ring substituents is 1. The lowest BCUT2D eigenvalue weighted by Gasteiger charge is -2.07. The van der Waals surface area contributed by atoms with Gasteiger partial charge in [0, 0.05) is 23.9 Å². The van der Waals surface area contributed by atoms with Crippen LogP contribution in [0, 0.1) is 10.1 Å². The molecular weight excluding hydrogens is 306 g/mol. The topological polar surface area (TPSA) is 147 Å². The van der Waals surface area contributed by atoms with Gasteiger partial charge in [0.2, 0.25) is 0 Å². The van der Waals surface area contributed by atoms with Crippen molar-refractivity contribution in [3.8, 4) is 0 Å². The molecule has 0 unspecified atom stereocenters. The zero-order valence-corrected chi connectivity index (χ0v) is 11.6. The van der Waals surface area contributed by atoms with Gasteiger partial charge in [-0.15, -0.1) is 0 Å². The van der Waals surface area contributed by atoms with Crippen LogP contribution in [0.25, 0.3) is 11.0 Å². The zero-order chi connectivity index (χ0) is 16.6.